The molecule has 0 saturated carbocycles. The first-order chi connectivity index (χ1) is 5.11. The van der Waals surface area contributed by atoms with Crippen molar-refractivity contribution in [2.45, 2.75) is 4.90 Å². The summed E-state index contributed by atoms with van der Waals surface area (Å²) >= 11 is 0. The highest BCUT2D eigenvalue weighted by Gasteiger charge is 1.97. The molecule has 4 N–H and O–H groups in total. The van der Waals surface area contributed by atoms with Crippen LogP contribution in [0.4, 0.5) is 11.4 Å². The molecule has 0 aliphatic rings. The van der Waals surface area contributed by atoms with Crippen molar-refractivity contribution < 1.29 is 8.42 Å². The highest BCUT2D eigenvalue weighted by atomic mass is 32.2. The average molecular weight is 172 g/mol. The van der Waals surface area contributed by atoms with E-state index in [0.717, 1.165) is 0 Å². The van der Waals surface area contributed by atoms with Crippen molar-refractivity contribution in [3.05, 3.63) is 18.2 Å². The van der Waals surface area contributed by atoms with Gasteiger partial charge in [-0.1, -0.05) is 0 Å². The SMILES string of the molecule is Nc1ccc([SH](=O)=O)cc1N. The molecular formula is C6H8N2O2S. The number of rotatable bonds is 1. The summed E-state index contributed by atoms with van der Waals surface area (Å²) in [6.07, 6.45) is 0. The highest BCUT2D eigenvalue weighted by molar-refractivity contribution is 7.72. The zero-order chi connectivity index (χ0) is 8.43. The number of nitrogens with two attached hydrogens (primary N) is 2. The van der Waals surface area contributed by atoms with Crippen molar-refractivity contribution in [2.24, 2.45) is 0 Å². The van der Waals surface area contributed by atoms with Crippen molar-refractivity contribution in [3.63, 3.8) is 0 Å². The second kappa shape index (κ2) is 2.79. The maximum atomic E-state index is 10.4. The van der Waals surface area contributed by atoms with Crippen LogP contribution in [0.25, 0.3) is 0 Å². The van der Waals surface area contributed by atoms with Gasteiger partial charge in [0.05, 0.1) is 16.3 Å². The monoisotopic (exact) mass is 172 g/mol. The Kier molecular flexibility index (Phi) is 2.00. The molecule has 0 spiro atoms. The molecule has 0 aliphatic carbocycles. The van der Waals surface area contributed by atoms with Gasteiger partial charge in [0.2, 0.25) is 0 Å². The van der Waals surface area contributed by atoms with Crippen molar-refractivity contribution in [3.8, 4) is 0 Å². The van der Waals surface area contributed by atoms with Gasteiger partial charge in [-0.25, -0.2) is 8.42 Å². The molecule has 0 fully saturated rings. The van der Waals surface area contributed by atoms with E-state index in [-0.39, 0.29) is 4.90 Å². The van der Waals surface area contributed by atoms with Crippen LogP contribution >= 0.6 is 0 Å². The Labute approximate surface area is 65.8 Å². The minimum atomic E-state index is -2.56. The molecule has 0 radical (unpaired) electrons. The summed E-state index contributed by atoms with van der Waals surface area (Å²) < 4.78 is 20.8. The van der Waals surface area contributed by atoms with Gasteiger partial charge in [0.15, 0.2) is 10.7 Å². The summed E-state index contributed by atoms with van der Waals surface area (Å²) in [5, 5.41) is 0. The Morgan fingerprint density at radius 2 is 1.73 bits per heavy atom. The van der Waals surface area contributed by atoms with Crippen LogP contribution in [0.1, 0.15) is 0 Å². The van der Waals surface area contributed by atoms with Crippen LogP contribution < -0.4 is 11.5 Å². The van der Waals surface area contributed by atoms with Crippen LogP contribution in [0.15, 0.2) is 23.1 Å². The summed E-state index contributed by atoms with van der Waals surface area (Å²) in [4.78, 5) is 0.187. The smallest absolute Gasteiger partial charge is 0.168 e. The fourth-order valence-corrected chi connectivity index (χ4v) is 1.12. The summed E-state index contributed by atoms with van der Waals surface area (Å²) in [6, 6.07) is 4.22. The molecule has 0 aliphatic heterocycles. The van der Waals surface area contributed by atoms with Crippen molar-refractivity contribution in [1.82, 2.24) is 0 Å². The van der Waals surface area contributed by atoms with Gasteiger partial charge in [-0.05, 0) is 18.2 Å². The maximum absolute atomic E-state index is 10.4. The van der Waals surface area contributed by atoms with E-state index in [1.165, 1.54) is 18.2 Å². The Morgan fingerprint density at radius 3 is 2.18 bits per heavy atom. The van der Waals surface area contributed by atoms with E-state index in [4.69, 9.17) is 11.5 Å². The molecule has 0 heterocycles. The Bertz CT molecular complexity index is 338. The van der Waals surface area contributed by atoms with Gasteiger partial charge >= 0.3 is 0 Å². The largest absolute Gasteiger partial charge is 0.397 e. The Hall–Kier alpha value is -1.23. The lowest BCUT2D eigenvalue weighted by Gasteiger charge is -1.98. The molecule has 0 amide bonds. The molecule has 0 atom stereocenters. The van der Waals surface area contributed by atoms with E-state index in [1.807, 2.05) is 0 Å². The van der Waals surface area contributed by atoms with Crippen LogP contribution in [-0.2, 0) is 10.7 Å². The molecule has 11 heavy (non-hydrogen) atoms. The Balaban J connectivity index is 3.26. The third-order valence-corrected chi connectivity index (χ3v) is 1.98. The number of hydrogen-bond acceptors (Lipinski definition) is 4. The third kappa shape index (κ3) is 1.62. The van der Waals surface area contributed by atoms with Crippen LogP contribution in [0.3, 0.4) is 0 Å². The van der Waals surface area contributed by atoms with Gasteiger partial charge in [0.25, 0.3) is 0 Å². The minimum Gasteiger partial charge on any atom is -0.397 e. The number of benzene rings is 1. The van der Waals surface area contributed by atoms with E-state index in [2.05, 4.69) is 0 Å². The van der Waals surface area contributed by atoms with Gasteiger partial charge in [0, 0.05) is 0 Å². The fourth-order valence-electron chi connectivity index (χ4n) is 0.676. The maximum Gasteiger partial charge on any atom is 0.168 e. The summed E-state index contributed by atoms with van der Waals surface area (Å²) in [5.41, 5.74) is 11.4. The number of hydrogen-bond donors (Lipinski definition) is 3. The first kappa shape index (κ1) is 7.87. The van der Waals surface area contributed by atoms with Crippen molar-refractivity contribution in [2.75, 3.05) is 11.5 Å². The number of thiol groups is 1. The molecule has 1 aromatic rings. The van der Waals surface area contributed by atoms with E-state index in [0.29, 0.717) is 11.4 Å². The molecule has 0 aromatic heterocycles. The first-order valence-corrected chi connectivity index (χ1v) is 4.08. The molecule has 1 aromatic carbocycles. The predicted octanol–water partition coefficient (Wildman–Crippen LogP) is -0.179. The molecule has 4 nitrogen and oxygen atoms in total. The Morgan fingerprint density at radius 1 is 1.09 bits per heavy atom. The third-order valence-electron chi connectivity index (χ3n) is 1.28. The summed E-state index contributed by atoms with van der Waals surface area (Å²) in [7, 11) is -2.56. The lowest BCUT2D eigenvalue weighted by molar-refractivity contribution is 0.614. The standard InChI is InChI=1S/C6H8N2O2S/c7-5-2-1-4(11(9)10)3-6(5)8/h1-3,11H,7-8H2. The molecule has 0 unspecified atom stereocenters. The zero-order valence-corrected chi connectivity index (χ0v) is 6.54. The van der Waals surface area contributed by atoms with Crippen molar-refractivity contribution >= 4 is 22.1 Å². The zero-order valence-electron chi connectivity index (χ0n) is 5.65. The number of nitrogen functional groups attached to an aromatic ring is 2. The van der Waals surface area contributed by atoms with Crippen LogP contribution in [0.5, 0.6) is 0 Å². The van der Waals surface area contributed by atoms with E-state index in [9.17, 15) is 8.42 Å². The van der Waals surface area contributed by atoms with Gasteiger partial charge in [-0.3, -0.25) is 0 Å². The molecule has 1 rings (SSSR count). The molecule has 60 valence electrons. The first-order valence-electron chi connectivity index (χ1n) is 2.90. The molecular weight excluding hydrogens is 164 g/mol. The lowest BCUT2D eigenvalue weighted by atomic mass is 10.3. The van der Waals surface area contributed by atoms with Gasteiger partial charge in [0.1, 0.15) is 0 Å². The average Bonchev–Trinajstić information content (AvgIpc) is 1.94. The molecule has 0 saturated heterocycles. The topological polar surface area (TPSA) is 86.2 Å². The van der Waals surface area contributed by atoms with Crippen molar-refractivity contribution in [1.29, 1.82) is 0 Å². The minimum absolute atomic E-state index is 0.187. The predicted molar refractivity (Wildman–Crippen MR) is 43.8 cm³/mol. The quantitative estimate of drug-likeness (QED) is 0.405. The highest BCUT2D eigenvalue weighted by Crippen LogP contribution is 2.16. The van der Waals surface area contributed by atoms with Crippen LogP contribution in [0, 0.1) is 0 Å². The molecule has 0 bridgehead atoms. The van der Waals surface area contributed by atoms with E-state index < -0.39 is 10.7 Å². The van der Waals surface area contributed by atoms with Gasteiger partial charge in [-0.15, -0.1) is 0 Å². The summed E-state index contributed by atoms with van der Waals surface area (Å²) in [5.74, 6) is 0. The fraction of sp³-hybridized carbons (Fsp3) is 0. The lowest BCUT2D eigenvalue weighted by Crippen LogP contribution is -1.94. The number of anilines is 2. The normalized spacial score (nSPS) is 10.3. The van der Waals surface area contributed by atoms with E-state index in [1.54, 1.807) is 0 Å². The van der Waals surface area contributed by atoms with Crippen LogP contribution in [-0.4, -0.2) is 8.42 Å². The second-order valence-corrected chi connectivity index (χ2v) is 3.10. The van der Waals surface area contributed by atoms with Gasteiger partial charge < -0.3 is 11.5 Å². The molecule has 5 heteroatoms. The second-order valence-electron chi connectivity index (χ2n) is 2.07. The van der Waals surface area contributed by atoms with Gasteiger partial charge in [-0.2, -0.15) is 0 Å². The van der Waals surface area contributed by atoms with E-state index >= 15 is 0 Å². The van der Waals surface area contributed by atoms with Crippen LogP contribution in [0.2, 0.25) is 0 Å². The summed E-state index contributed by atoms with van der Waals surface area (Å²) in [6.45, 7) is 0.